The molecule has 2 amide bonds. The van der Waals surface area contributed by atoms with Crippen molar-refractivity contribution < 1.29 is 24.2 Å². The molecule has 0 heterocycles. The number of nitrogens with one attached hydrogen (secondary N) is 2. The third kappa shape index (κ3) is 5.35. The Bertz CT molecular complexity index is 1190. The molecule has 0 saturated carbocycles. The highest BCUT2D eigenvalue weighted by molar-refractivity contribution is 5.89. The van der Waals surface area contributed by atoms with Crippen LogP contribution in [0.1, 0.15) is 48.9 Å². The lowest BCUT2D eigenvalue weighted by Crippen LogP contribution is -2.55. The maximum absolute atomic E-state index is 13.0. The molecular formula is C28H28N2O5. The fourth-order valence-electron chi connectivity index (χ4n) is 4.40. The predicted octanol–water partition coefficient (Wildman–Crippen LogP) is 4.64. The summed E-state index contributed by atoms with van der Waals surface area (Å²) < 4.78 is 5.56. The minimum Gasteiger partial charge on any atom is -0.481 e. The average molecular weight is 473 g/mol. The van der Waals surface area contributed by atoms with Gasteiger partial charge in [-0.2, -0.15) is 0 Å². The number of carboxylic acid groups (broad SMARTS) is 1. The summed E-state index contributed by atoms with van der Waals surface area (Å²) in [5.74, 6) is -1.65. The molecule has 3 N–H and O–H groups in total. The van der Waals surface area contributed by atoms with Crippen molar-refractivity contribution in [2.75, 3.05) is 6.61 Å². The highest BCUT2D eigenvalue weighted by atomic mass is 16.5. The van der Waals surface area contributed by atoms with Gasteiger partial charge in [-0.15, -0.1) is 0 Å². The van der Waals surface area contributed by atoms with Gasteiger partial charge in [0.15, 0.2) is 0 Å². The van der Waals surface area contributed by atoms with E-state index >= 15 is 0 Å². The SMILES string of the molecule is CC(C)(NC(=O)OCC1c2ccccc2-c2ccccc21)C(=O)NC(CC(=O)O)c1ccccc1. The Balaban J connectivity index is 1.40. The standard InChI is InChI=1S/C28H28N2O5/c1-28(2,26(33)29-24(16-25(31)32)18-10-4-3-5-11-18)30-27(34)35-17-23-21-14-8-6-12-19(21)20-13-7-9-15-22(20)23/h3-15,23-24H,16-17H2,1-2H3,(H,29,33)(H,30,34)(H,31,32). The van der Waals surface area contributed by atoms with Crippen LogP contribution in [0.15, 0.2) is 78.9 Å². The van der Waals surface area contributed by atoms with Crippen molar-refractivity contribution in [3.8, 4) is 11.1 Å². The summed E-state index contributed by atoms with van der Waals surface area (Å²) in [7, 11) is 0. The first-order valence-electron chi connectivity index (χ1n) is 11.5. The van der Waals surface area contributed by atoms with Crippen molar-refractivity contribution in [3.63, 3.8) is 0 Å². The summed E-state index contributed by atoms with van der Waals surface area (Å²) in [4.78, 5) is 37.0. The molecule has 1 aliphatic rings. The van der Waals surface area contributed by atoms with E-state index in [4.69, 9.17) is 4.74 Å². The monoisotopic (exact) mass is 472 g/mol. The molecule has 4 rings (SSSR count). The molecule has 0 aromatic heterocycles. The molecule has 1 aliphatic carbocycles. The number of rotatable bonds is 8. The maximum atomic E-state index is 13.0. The molecule has 0 bridgehead atoms. The van der Waals surface area contributed by atoms with Gasteiger partial charge in [-0.25, -0.2) is 4.79 Å². The molecule has 7 nitrogen and oxygen atoms in total. The fourth-order valence-corrected chi connectivity index (χ4v) is 4.40. The molecule has 0 saturated heterocycles. The van der Waals surface area contributed by atoms with Crippen LogP contribution in [0.25, 0.3) is 11.1 Å². The molecule has 0 aliphatic heterocycles. The van der Waals surface area contributed by atoms with Crippen LogP contribution in [0, 0.1) is 0 Å². The van der Waals surface area contributed by atoms with Crippen molar-refractivity contribution in [2.24, 2.45) is 0 Å². The summed E-state index contributed by atoms with van der Waals surface area (Å²) in [6, 6.07) is 24.2. The lowest BCUT2D eigenvalue weighted by Gasteiger charge is -2.28. The van der Waals surface area contributed by atoms with E-state index in [2.05, 4.69) is 22.8 Å². The van der Waals surface area contributed by atoms with Gasteiger partial charge >= 0.3 is 12.1 Å². The van der Waals surface area contributed by atoms with Crippen LogP contribution < -0.4 is 10.6 Å². The van der Waals surface area contributed by atoms with Gasteiger partial charge in [0.05, 0.1) is 12.5 Å². The zero-order chi connectivity index (χ0) is 25.0. The number of amides is 2. The number of carbonyl (C=O) groups excluding carboxylic acids is 2. The number of aliphatic carboxylic acids is 1. The number of alkyl carbamates (subject to hydrolysis) is 1. The minimum atomic E-state index is -1.33. The molecule has 0 radical (unpaired) electrons. The van der Waals surface area contributed by atoms with Crippen molar-refractivity contribution in [3.05, 3.63) is 95.6 Å². The van der Waals surface area contributed by atoms with E-state index in [0.717, 1.165) is 22.3 Å². The lowest BCUT2D eigenvalue weighted by atomic mass is 9.98. The van der Waals surface area contributed by atoms with Crippen LogP contribution in [-0.2, 0) is 14.3 Å². The Morgan fingerprint density at radius 1 is 0.886 bits per heavy atom. The molecule has 35 heavy (non-hydrogen) atoms. The van der Waals surface area contributed by atoms with E-state index in [1.807, 2.05) is 42.5 Å². The number of ether oxygens (including phenoxy) is 1. The fraction of sp³-hybridized carbons (Fsp3) is 0.250. The van der Waals surface area contributed by atoms with Gasteiger partial charge in [0.1, 0.15) is 12.1 Å². The summed E-state index contributed by atoms with van der Waals surface area (Å²) in [6.45, 7) is 3.22. The second-order valence-corrected chi connectivity index (χ2v) is 9.11. The topological polar surface area (TPSA) is 105 Å². The third-order valence-corrected chi connectivity index (χ3v) is 6.21. The van der Waals surface area contributed by atoms with Gasteiger partial charge in [0.2, 0.25) is 5.91 Å². The first-order valence-corrected chi connectivity index (χ1v) is 11.5. The van der Waals surface area contributed by atoms with E-state index in [-0.39, 0.29) is 18.9 Å². The number of hydrogen-bond donors (Lipinski definition) is 3. The molecule has 0 spiro atoms. The molecular weight excluding hydrogens is 444 g/mol. The van der Waals surface area contributed by atoms with Crippen LogP contribution in [0.3, 0.4) is 0 Å². The lowest BCUT2D eigenvalue weighted by molar-refractivity contribution is -0.138. The number of benzene rings is 3. The minimum absolute atomic E-state index is 0.0943. The highest BCUT2D eigenvalue weighted by Gasteiger charge is 2.34. The van der Waals surface area contributed by atoms with Crippen LogP contribution in [0.5, 0.6) is 0 Å². The van der Waals surface area contributed by atoms with Crippen LogP contribution >= 0.6 is 0 Å². The van der Waals surface area contributed by atoms with Crippen LogP contribution in [0.2, 0.25) is 0 Å². The summed E-state index contributed by atoms with van der Waals surface area (Å²) in [6.07, 6.45) is -1.00. The quantitative estimate of drug-likeness (QED) is 0.443. The van der Waals surface area contributed by atoms with E-state index in [1.54, 1.807) is 38.1 Å². The Labute approximate surface area is 204 Å². The van der Waals surface area contributed by atoms with Gasteiger partial charge in [-0.3, -0.25) is 9.59 Å². The highest BCUT2D eigenvalue weighted by Crippen LogP contribution is 2.44. The number of hydrogen-bond acceptors (Lipinski definition) is 4. The number of fused-ring (bicyclic) bond motifs is 3. The largest absolute Gasteiger partial charge is 0.481 e. The van der Waals surface area contributed by atoms with E-state index < -0.39 is 29.6 Å². The summed E-state index contributed by atoms with van der Waals surface area (Å²) >= 11 is 0. The maximum Gasteiger partial charge on any atom is 0.408 e. The molecule has 3 aromatic carbocycles. The van der Waals surface area contributed by atoms with Crippen LogP contribution in [0.4, 0.5) is 4.79 Å². The number of carbonyl (C=O) groups is 3. The first kappa shape index (κ1) is 24.0. The molecule has 3 aromatic rings. The van der Waals surface area contributed by atoms with Gasteiger partial charge in [0.25, 0.3) is 0 Å². The zero-order valence-electron chi connectivity index (χ0n) is 19.7. The predicted molar refractivity (Wildman–Crippen MR) is 132 cm³/mol. The Kier molecular flexibility index (Phi) is 6.87. The third-order valence-electron chi connectivity index (χ3n) is 6.21. The normalized spacial score (nSPS) is 13.3. The zero-order valence-corrected chi connectivity index (χ0v) is 19.7. The first-order chi connectivity index (χ1) is 16.8. The van der Waals surface area contributed by atoms with Crippen molar-refractivity contribution >= 4 is 18.0 Å². The molecule has 7 heteroatoms. The van der Waals surface area contributed by atoms with Gasteiger partial charge in [-0.05, 0) is 41.7 Å². The van der Waals surface area contributed by atoms with Gasteiger partial charge < -0.3 is 20.5 Å². The summed E-state index contributed by atoms with van der Waals surface area (Å²) in [5, 5.41) is 14.6. The molecule has 180 valence electrons. The Morgan fingerprint density at radius 3 is 2.00 bits per heavy atom. The van der Waals surface area contributed by atoms with Crippen molar-refractivity contribution in [1.29, 1.82) is 0 Å². The van der Waals surface area contributed by atoms with Crippen molar-refractivity contribution in [1.82, 2.24) is 10.6 Å². The molecule has 1 atom stereocenters. The average Bonchev–Trinajstić information content (AvgIpc) is 3.16. The smallest absolute Gasteiger partial charge is 0.408 e. The van der Waals surface area contributed by atoms with Gasteiger partial charge in [0, 0.05) is 5.92 Å². The second kappa shape index (κ2) is 10.0. The second-order valence-electron chi connectivity index (χ2n) is 9.11. The summed E-state index contributed by atoms with van der Waals surface area (Å²) in [5.41, 5.74) is 3.79. The van der Waals surface area contributed by atoms with Gasteiger partial charge in [-0.1, -0.05) is 78.9 Å². The Hall–Kier alpha value is -4.13. The number of carboxylic acids is 1. The van der Waals surface area contributed by atoms with E-state index in [9.17, 15) is 19.5 Å². The molecule has 1 unspecified atom stereocenters. The van der Waals surface area contributed by atoms with E-state index in [1.165, 1.54) is 0 Å². The Morgan fingerprint density at radius 2 is 1.43 bits per heavy atom. The van der Waals surface area contributed by atoms with E-state index in [0.29, 0.717) is 5.56 Å². The molecule has 0 fully saturated rings. The van der Waals surface area contributed by atoms with Crippen LogP contribution in [-0.4, -0.2) is 35.2 Å². The van der Waals surface area contributed by atoms with Crippen molar-refractivity contribution in [2.45, 2.75) is 37.8 Å².